The zero-order valence-electron chi connectivity index (χ0n) is 13.2. The van der Waals surface area contributed by atoms with E-state index in [1.54, 1.807) is 24.3 Å². The molecule has 0 radical (unpaired) electrons. The molecule has 0 saturated carbocycles. The molecule has 0 spiro atoms. The highest BCUT2D eigenvalue weighted by Gasteiger charge is 2.12. The van der Waals surface area contributed by atoms with E-state index in [-0.39, 0.29) is 12.4 Å². The number of hydrogen-bond acceptors (Lipinski definition) is 3. The number of halogens is 2. The van der Waals surface area contributed by atoms with Gasteiger partial charge in [0, 0.05) is 4.47 Å². The van der Waals surface area contributed by atoms with Crippen molar-refractivity contribution in [1.29, 1.82) is 0 Å². The molecule has 3 N–H and O–H groups in total. The number of ether oxygens (including phenoxy) is 1. The van der Waals surface area contributed by atoms with Crippen LogP contribution in [0.25, 0.3) is 0 Å². The highest BCUT2D eigenvalue weighted by Crippen LogP contribution is 2.26. The SMILES string of the molecule is Cc1cc(OCC(=O)O[NH+]=C(N)c2ccccc2Cl)cc(C)c1Br. The van der Waals surface area contributed by atoms with E-state index < -0.39 is 5.97 Å². The fourth-order valence-electron chi connectivity index (χ4n) is 2.01. The molecule has 0 aliphatic carbocycles. The van der Waals surface area contributed by atoms with Gasteiger partial charge in [-0.3, -0.25) is 10.6 Å². The van der Waals surface area contributed by atoms with Crippen molar-refractivity contribution in [3.8, 4) is 5.75 Å². The Labute approximate surface area is 153 Å². The van der Waals surface area contributed by atoms with Crippen molar-refractivity contribution in [2.24, 2.45) is 5.73 Å². The number of nitrogens with one attached hydrogen (secondary N) is 1. The Balaban J connectivity index is 1.94. The molecule has 0 aliphatic rings. The smallest absolute Gasteiger partial charge is 0.394 e. The lowest BCUT2D eigenvalue weighted by molar-refractivity contribution is -0.724. The standard InChI is InChI=1S/C17H16BrClN2O3/c1-10-7-12(8-11(2)16(10)18)23-9-15(22)24-21-17(20)13-5-3-4-6-14(13)19/h3-8H,9H2,1-2H3,(H2,20,21)/p+1. The molecule has 0 amide bonds. The number of nitrogen functional groups attached to an aromatic ring is 1. The van der Waals surface area contributed by atoms with Gasteiger partial charge in [0.25, 0.3) is 0 Å². The predicted octanol–water partition coefficient (Wildman–Crippen LogP) is 2.04. The average Bonchev–Trinajstić information content (AvgIpc) is 2.56. The van der Waals surface area contributed by atoms with Gasteiger partial charge >= 0.3 is 11.8 Å². The van der Waals surface area contributed by atoms with Gasteiger partial charge in [-0.1, -0.05) is 44.8 Å². The van der Waals surface area contributed by atoms with Crippen LogP contribution >= 0.6 is 27.5 Å². The highest BCUT2D eigenvalue weighted by atomic mass is 79.9. The van der Waals surface area contributed by atoms with E-state index >= 15 is 0 Å². The minimum Gasteiger partial charge on any atom is -0.482 e. The summed E-state index contributed by atoms with van der Waals surface area (Å²) >= 11 is 9.49. The molecule has 0 bridgehead atoms. The van der Waals surface area contributed by atoms with Crippen LogP contribution in [0, 0.1) is 13.8 Å². The second kappa shape index (κ2) is 8.17. The van der Waals surface area contributed by atoms with Crippen molar-refractivity contribution in [3.63, 3.8) is 0 Å². The van der Waals surface area contributed by atoms with Crippen molar-refractivity contribution >= 4 is 39.3 Å². The summed E-state index contributed by atoms with van der Waals surface area (Å²) in [5.74, 6) is 0.126. The number of benzene rings is 2. The number of carbonyl (C=O) groups is 1. The van der Waals surface area contributed by atoms with E-state index in [0.717, 1.165) is 15.6 Å². The predicted molar refractivity (Wildman–Crippen MR) is 95.9 cm³/mol. The van der Waals surface area contributed by atoms with Gasteiger partial charge in [-0.2, -0.15) is 0 Å². The van der Waals surface area contributed by atoms with Crippen LogP contribution in [0.1, 0.15) is 16.7 Å². The molecule has 2 rings (SSSR count). The van der Waals surface area contributed by atoms with E-state index in [9.17, 15) is 4.79 Å². The highest BCUT2D eigenvalue weighted by molar-refractivity contribution is 9.10. The quantitative estimate of drug-likeness (QED) is 0.341. The zero-order chi connectivity index (χ0) is 17.7. The summed E-state index contributed by atoms with van der Waals surface area (Å²) in [6, 6.07) is 10.6. The Bertz CT molecular complexity index is 770. The van der Waals surface area contributed by atoms with Gasteiger partial charge in [-0.15, -0.1) is 0 Å². The number of hydrogen-bond donors (Lipinski definition) is 2. The first-order valence-electron chi connectivity index (χ1n) is 7.11. The van der Waals surface area contributed by atoms with E-state index in [4.69, 9.17) is 26.9 Å². The second-order valence-electron chi connectivity index (χ2n) is 5.13. The summed E-state index contributed by atoms with van der Waals surface area (Å²) < 4.78 is 6.45. The zero-order valence-corrected chi connectivity index (χ0v) is 15.6. The van der Waals surface area contributed by atoms with Gasteiger partial charge in [0.05, 0.1) is 10.6 Å². The van der Waals surface area contributed by atoms with Crippen LogP contribution in [-0.4, -0.2) is 18.4 Å². The topological polar surface area (TPSA) is 75.5 Å². The first-order chi connectivity index (χ1) is 11.4. The van der Waals surface area contributed by atoms with Crippen LogP contribution in [0.2, 0.25) is 5.02 Å². The third-order valence-electron chi connectivity index (χ3n) is 3.21. The largest absolute Gasteiger partial charge is 0.482 e. The minimum absolute atomic E-state index is 0.143. The summed E-state index contributed by atoms with van der Waals surface area (Å²) in [5.41, 5.74) is 8.40. The van der Waals surface area contributed by atoms with Gasteiger partial charge in [0.1, 0.15) is 5.75 Å². The molecular weight excluding hydrogens is 396 g/mol. The number of aryl methyl sites for hydroxylation is 2. The van der Waals surface area contributed by atoms with Crippen molar-refractivity contribution in [2.45, 2.75) is 13.8 Å². The molecule has 0 heterocycles. The maximum absolute atomic E-state index is 11.8. The molecule has 2 aromatic carbocycles. The van der Waals surface area contributed by atoms with Crippen LogP contribution < -0.4 is 15.6 Å². The van der Waals surface area contributed by atoms with Gasteiger partial charge in [0.2, 0.25) is 0 Å². The van der Waals surface area contributed by atoms with Crippen LogP contribution in [0.4, 0.5) is 0 Å². The summed E-state index contributed by atoms with van der Waals surface area (Å²) in [5, 5.41) is 2.83. The summed E-state index contributed by atoms with van der Waals surface area (Å²) in [4.78, 5) is 16.6. The lowest BCUT2D eigenvalue weighted by atomic mass is 10.1. The third kappa shape index (κ3) is 4.72. The van der Waals surface area contributed by atoms with Crippen LogP contribution in [0.15, 0.2) is 40.9 Å². The van der Waals surface area contributed by atoms with Gasteiger partial charge in [-0.05, 0) is 49.2 Å². The van der Waals surface area contributed by atoms with Gasteiger partial charge < -0.3 is 4.74 Å². The summed E-state index contributed by atoms with van der Waals surface area (Å²) in [6.45, 7) is 3.65. The molecule has 0 aromatic heterocycles. The summed E-state index contributed by atoms with van der Waals surface area (Å²) in [7, 11) is 0. The maximum Gasteiger partial charge on any atom is 0.394 e. The molecule has 126 valence electrons. The number of carbonyl (C=O) groups excluding carboxylic acids is 1. The lowest BCUT2D eigenvalue weighted by Gasteiger charge is -2.08. The lowest BCUT2D eigenvalue weighted by Crippen LogP contribution is -2.76. The molecule has 2 aromatic rings. The molecule has 24 heavy (non-hydrogen) atoms. The molecule has 7 heteroatoms. The second-order valence-corrected chi connectivity index (χ2v) is 6.33. The molecule has 0 saturated heterocycles. The van der Waals surface area contributed by atoms with Gasteiger partial charge in [-0.25, -0.2) is 4.79 Å². The van der Waals surface area contributed by atoms with Crippen molar-refractivity contribution in [2.75, 3.05) is 6.61 Å². The maximum atomic E-state index is 11.8. The molecule has 0 unspecified atom stereocenters. The van der Waals surface area contributed by atoms with E-state index in [2.05, 4.69) is 21.1 Å². The number of rotatable bonds is 5. The Morgan fingerprint density at radius 2 is 1.88 bits per heavy atom. The third-order valence-corrected chi connectivity index (χ3v) is 4.79. The molecule has 0 aliphatic heterocycles. The Kier molecular flexibility index (Phi) is 6.23. The minimum atomic E-state index is -0.608. The van der Waals surface area contributed by atoms with Crippen molar-refractivity contribution in [1.82, 2.24) is 0 Å². The van der Waals surface area contributed by atoms with E-state index in [1.807, 2.05) is 26.0 Å². The van der Waals surface area contributed by atoms with Crippen molar-refractivity contribution in [3.05, 3.63) is 62.6 Å². The monoisotopic (exact) mass is 411 g/mol. The Morgan fingerprint density at radius 3 is 2.50 bits per heavy atom. The van der Waals surface area contributed by atoms with Crippen LogP contribution in [-0.2, 0) is 9.63 Å². The first kappa shape index (κ1) is 18.3. The van der Waals surface area contributed by atoms with Crippen molar-refractivity contribution < 1.29 is 19.5 Å². The average molecular weight is 413 g/mol. The number of nitrogens with two attached hydrogens (primary N) is 1. The Morgan fingerprint density at radius 1 is 1.25 bits per heavy atom. The van der Waals surface area contributed by atoms with Crippen LogP contribution in [0.3, 0.4) is 0 Å². The molecule has 0 fully saturated rings. The summed E-state index contributed by atoms with van der Waals surface area (Å²) in [6.07, 6.45) is 0. The van der Waals surface area contributed by atoms with E-state index in [1.165, 1.54) is 0 Å². The first-order valence-corrected chi connectivity index (χ1v) is 8.28. The molecule has 0 atom stereocenters. The fourth-order valence-corrected chi connectivity index (χ4v) is 2.47. The number of amidine groups is 1. The molecule has 5 nitrogen and oxygen atoms in total. The van der Waals surface area contributed by atoms with E-state index in [0.29, 0.717) is 16.3 Å². The fraction of sp³-hybridized carbons (Fsp3) is 0.176. The van der Waals surface area contributed by atoms with Gasteiger partial charge in [0.15, 0.2) is 6.61 Å². The molecular formula is C17H17BrClN2O3+. The van der Waals surface area contributed by atoms with Crippen LogP contribution in [0.5, 0.6) is 5.75 Å². The Hall–Kier alpha value is -2.05. The normalized spacial score (nSPS) is 11.2.